The lowest BCUT2D eigenvalue weighted by molar-refractivity contribution is 0.0524. The highest BCUT2D eigenvalue weighted by Crippen LogP contribution is 2.40. The SMILES string of the molecule is CCOC(=O)c1cc2n(c1C=O)CCc1cc(O)c(OC(C)C)cc1-2. The zero-order valence-electron chi connectivity index (χ0n) is 14.5. The van der Waals surface area contributed by atoms with Gasteiger partial charge in [-0.15, -0.1) is 0 Å². The first-order chi connectivity index (χ1) is 12.0. The molecule has 3 rings (SSSR count). The molecule has 2 heterocycles. The minimum absolute atomic E-state index is 0.0834. The van der Waals surface area contributed by atoms with Crippen molar-refractivity contribution in [3.63, 3.8) is 0 Å². The summed E-state index contributed by atoms with van der Waals surface area (Å²) in [6, 6.07) is 5.13. The maximum atomic E-state index is 12.2. The van der Waals surface area contributed by atoms with Gasteiger partial charge in [-0.05, 0) is 51.0 Å². The molecular formula is C19H21NO5. The molecule has 1 aliphatic rings. The van der Waals surface area contributed by atoms with Crippen LogP contribution in [0.1, 0.15) is 47.2 Å². The standard InChI is InChI=1S/C19H21NO5/c1-4-24-19(23)14-8-15-13-9-18(25-11(2)3)17(22)7-12(13)5-6-20(15)16(14)10-21/h7-11,22H,4-6H2,1-3H3. The quantitative estimate of drug-likeness (QED) is 0.666. The molecule has 0 bridgehead atoms. The first-order valence-electron chi connectivity index (χ1n) is 8.35. The van der Waals surface area contributed by atoms with E-state index in [1.54, 1.807) is 25.1 Å². The van der Waals surface area contributed by atoms with Gasteiger partial charge in [0, 0.05) is 17.8 Å². The lowest BCUT2D eigenvalue weighted by Crippen LogP contribution is -2.15. The largest absolute Gasteiger partial charge is 0.504 e. The van der Waals surface area contributed by atoms with E-state index in [0.29, 0.717) is 30.7 Å². The number of aromatic nitrogens is 1. The zero-order valence-corrected chi connectivity index (χ0v) is 14.5. The van der Waals surface area contributed by atoms with Gasteiger partial charge in [0.2, 0.25) is 0 Å². The van der Waals surface area contributed by atoms with Crippen LogP contribution in [0.4, 0.5) is 0 Å². The number of phenols is 1. The fourth-order valence-electron chi connectivity index (χ4n) is 3.16. The van der Waals surface area contributed by atoms with Gasteiger partial charge in [-0.1, -0.05) is 0 Å². The average Bonchev–Trinajstić information content (AvgIpc) is 2.94. The second-order valence-electron chi connectivity index (χ2n) is 6.21. The molecule has 6 heteroatoms. The number of aldehydes is 1. The summed E-state index contributed by atoms with van der Waals surface area (Å²) < 4.78 is 12.5. The van der Waals surface area contributed by atoms with Crippen molar-refractivity contribution in [1.29, 1.82) is 0 Å². The van der Waals surface area contributed by atoms with Crippen LogP contribution < -0.4 is 4.74 Å². The molecule has 6 nitrogen and oxygen atoms in total. The number of rotatable bonds is 5. The summed E-state index contributed by atoms with van der Waals surface area (Å²) in [7, 11) is 0. The van der Waals surface area contributed by atoms with E-state index in [9.17, 15) is 14.7 Å². The second-order valence-corrected chi connectivity index (χ2v) is 6.21. The Labute approximate surface area is 146 Å². The van der Waals surface area contributed by atoms with Crippen LogP contribution in [0.15, 0.2) is 18.2 Å². The first kappa shape index (κ1) is 17.1. The number of aromatic hydroxyl groups is 1. The Morgan fingerprint density at radius 3 is 2.76 bits per heavy atom. The number of phenolic OH excluding ortho intramolecular Hbond substituents is 1. The Morgan fingerprint density at radius 1 is 1.36 bits per heavy atom. The number of benzene rings is 1. The highest BCUT2D eigenvalue weighted by Gasteiger charge is 2.27. The average molecular weight is 343 g/mol. The van der Waals surface area contributed by atoms with Crippen LogP contribution in [0.25, 0.3) is 11.3 Å². The van der Waals surface area contributed by atoms with E-state index in [0.717, 1.165) is 16.8 Å². The summed E-state index contributed by atoms with van der Waals surface area (Å²) in [5.74, 6) is -0.0343. The predicted octanol–water partition coefficient (Wildman–Crippen LogP) is 3.19. The molecule has 1 aliphatic heterocycles. The van der Waals surface area contributed by atoms with Crippen molar-refractivity contribution in [3.8, 4) is 22.8 Å². The van der Waals surface area contributed by atoms with Crippen molar-refractivity contribution < 1.29 is 24.2 Å². The van der Waals surface area contributed by atoms with Gasteiger partial charge in [0.1, 0.15) is 0 Å². The first-order valence-corrected chi connectivity index (χ1v) is 8.35. The van der Waals surface area contributed by atoms with E-state index < -0.39 is 5.97 Å². The van der Waals surface area contributed by atoms with Crippen LogP contribution in [0.5, 0.6) is 11.5 Å². The van der Waals surface area contributed by atoms with Crippen LogP contribution in [-0.4, -0.2) is 34.6 Å². The summed E-state index contributed by atoms with van der Waals surface area (Å²) in [6.45, 7) is 6.28. The van der Waals surface area contributed by atoms with E-state index in [2.05, 4.69) is 0 Å². The minimum atomic E-state index is -0.509. The number of hydrogen-bond acceptors (Lipinski definition) is 5. The van der Waals surface area contributed by atoms with Crippen molar-refractivity contribution in [2.75, 3.05) is 6.61 Å². The molecular weight excluding hydrogens is 322 g/mol. The van der Waals surface area contributed by atoms with E-state index in [1.165, 1.54) is 0 Å². The molecule has 1 aromatic heterocycles. The van der Waals surface area contributed by atoms with Gasteiger partial charge in [0.15, 0.2) is 17.8 Å². The number of hydrogen-bond donors (Lipinski definition) is 1. The molecule has 0 saturated heterocycles. The molecule has 0 spiro atoms. The van der Waals surface area contributed by atoms with Crippen LogP contribution in [-0.2, 0) is 17.7 Å². The van der Waals surface area contributed by atoms with Crippen molar-refractivity contribution in [1.82, 2.24) is 4.57 Å². The van der Waals surface area contributed by atoms with E-state index in [-0.39, 0.29) is 24.0 Å². The molecule has 0 aliphatic carbocycles. The molecule has 0 unspecified atom stereocenters. The van der Waals surface area contributed by atoms with Crippen LogP contribution in [0, 0.1) is 0 Å². The summed E-state index contributed by atoms with van der Waals surface area (Å²) >= 11 is 0. The number of carbonyl (C=O) groups excluding carboxylic acids is 2. The Morgan fingerprint density at radius 2 is 2.12 bits per heavy atom. The normalized spacial score (nSPS) is 12.5. The monoisotopic (exact) mass is 343 g/mol. The third-order valence-electron chi connectivity index (χ3n) is 4.17. The Hall–Kier alpha value is -2.76. The number of esters is 1. The Balaban J connectivity index is 2.14. The number of aryl methyl sites for hydroxylation is 1. The summed E-state index contributed by atoms with van der Waals surface area (Å²) in [6.07, 6.45) is 1.25. The predicted molar refractivity (Wildman–Crippen MR) is 92.3 cm³/mol. The van der Waals surface area contributed by atoms with Gasteiger partial charge in [-0.2, -0.15) is 0 Å². The number of nitrogens with zero attached hydrogens (tertiary/aromatic N) is 1. The smallest absolute Gasteiger partial charge is 0.340 e. The fraction of sp³-hybridized carbons (Fsp3) is 0.368. The van der Waals surface area contributed by atoms with E-state index >= 15 is 0 Å². The molecule has 132 valence electrons. The molecule has 1 N–H and O–H groups in total. The highest BCUT2D eigenvalue weighted by atomic mass is 16.5. The summed E-state index contributed by atoms with van der Waals surface area (Å²) in [5, 5.41) is 10.2. The number of carbonyl (C=O) groups is 2. The number of fused-ring (bicyclic) bond motifs is 3. The van der Waals surface area contributed by atoms with E-state index in [1.807, 2.05) is 18.4 Å². The van der Waals surface area contributed by atoms with Crippen molar-refractivity contribution in [3.05, 3.63) is 35.0 Å². The topological polar surface area (TPSA) is 77.8 Å². The molecule has 0 saturated carbocycles. The third kappa shape index (κ3) is 2.99. The van der Waals surface area contributed by atoms with Crippen molar-refractivity contribution >= 4 is 12.3 Å². The van der Waals surface area contributed by atoms with E-state index in [4.69, 9.17) is 9.47 Å². The van der Waals surface area contributed by atoms with Gasteiger partial charge in [0.05, 0.1) is 24.0 Å². The number of ether oxygens (including phenoxy) is 2. The lowest BCUT2D eigenvalue weighted by atomic mass is 9.97. The third-order valence-corrected chi connectivity index (χ3v) is 4.17. The van der Waals surface area contributed by atoms with Gasteiger partial charge in [-0.3, -0.25) is 4.79 Å². The molecule has 0 atom stereocenters. The summed E-state index contributed by atoms with van der Waals surface area (Å²) in [5.41, 5.74) is 3.13. The maximum Gasteiger partial charge on any atom is 0.340 e. The molecule has 0 fully saturated rings. The Bertz CT molecular complexity index is 835. The summed E-state index contributed by atoms with van der Waals surface area (Å²) in [4.78, 5) is 23.7. The maximum absolute atomic E-state index is 12.2. The molecule has 0 amide bonds. The molecule has 25 heavy (non-hydrogen) atoms. The van der Waals surface area contributed by atoms with Gasteiger partial charge >= 0.3 is 5.97 Å². The minimum Gasteiger partial charge on any atom is -0.504 e. The zero-order chi connectivity index (χ0) is 18.1. The van der Waals surface area contributed by atoms with Crippen molar-refractivity contribution in [2.24, 2.45) is 0 Å². The second kappa shape index (κ2) is 6.63. The van der Waals surface area contributed by atoms with Gasteiger partial charge in [-0.25, -0.2) is 4.79 Å². The van der Waals surface area contributed by atoms with Gasteiger partial charge in [0.25, 0.3) is 0 Å². The van der Waals surface area contributed by atoms with Crippen LogP contribution in [0.2, 0.25) is 0 Å². The fourth-order valence-corrected chi connectivity index (χ4v) is 3.16. The molecule has 1 aromatic carbocycles. The Kier molecular flexibility index (Phi) is 4.53. The van der Waals surface area contributed by atoms with Crippen molar-refractivity contribution in [2.45, 2.75) is 39.8 Å². The highest BCUT2D eigenvalue weighted by molar-refractivity contribution is 5.99. The van der Waals surface area contributed by atoms with Crippen LogP contribution in [0.3, 0.4) is 0 Å². The molecule has 2 aromatic rings. The van der Waals surface area contributed by atoms with Gasteiger partial charge < -0.3 is 19.1 Å². The molecule has 0 radical (unpaired) electrons. The van der Waals surface area contributed by atoms with Crippen LogP contribution >= 0.6 is 0 Å². The lowest BCUT2D eigenvalue weighted by Gasteiger charge is -2.22.